The van der Waals surface area contributed by atoms with Gasteiger partial charge in [0.2, 0.25) is 0 Å². The average molecular weight is 592 g/mol. The van der Waals surface area contributed by atoms with E-state index in [2.05, 4.69) is 140 Å². The van der Waals surface area contributed by atoms with Crippen LogP contribution in [0.25, 0.3) is 40.0 Å². The quantitative estimate of drug-likeness (QED) is 0.294. The second kappa shape index (κ2) is 11.4. The van der Waals surface area contributed by atoms with Gasteiger partial charge in [-0.1, -0.05) is 127 Å². The van der Waals surface area contributed by atoms with Crippen molar-refractivity contribution in [2.24, 2.45) is 11.8 Å². The minimum atomic E-state index is 0.343. The fourth-order valence-electron chi connectivity index (χ4n) is 8.54. The molecular weight excluding hydrogens is 555 g/mol. The number of rotatable bonds is 4. The topological polar surface area (TPSA) is 12.9 Å². The van der Waals surface area contributed by atoms with Crippen LogP contribution in [-0.2, 0) is 0 Å². The monoisotopic (exact) mass is 591 g/mol. The molecule has 2 atom stereocenters. The first-order valence-electron chi connectivity index (χ1n) is 17.0. The lowest BCUT2D eigenvalue weighted by Crippen LogP contribution is -2.42. The van der Waals surface area contributed by atoms with Crippen LogP contribution >= 0.6 is 0 Å². The molecule has 0 aliphatic heterocycles. The largest absolute Gasteiger partial charge is 0.256 e. The van der Waals surface area contributed by atoms with E-state index in [1.54, 1.807) is 0 Å². The van der Waals surface area contributed by atoms with Crippen molar-refractivity contribution in [3.8, 4) is 0 Å². The molecule has 0 fully saturated rings. The normalized spacial score (nSPS) is 21.2. The highest BCUT2D eigenvalue weighted by molar-refractivity contribution is 5.94. The fourth-order valence-corrected chi connectivity index (χ4v) is 8.54. The summed E-state index contributed by atoms with van der Waals surface area (Å²) in [7, 11) is 0. The van der Waals surface area contributed by atoms with Crippen LogP contribution < -0.4 is 31.3 Å². The molecule has 3 aromatic carbocycles. The Labute approximate surface area is 270 Å². The number of aromatic nitrogens is 1. The van der Waals surface area contributed by atoms with Gasteiger partial charge in [-0.2, -0.15) is 0 Å². The summed E-state index contributed by atoms with van der Waals surface area (Å²) in [5.74, 6) is 0.689. The number of allylic oxidation sites excluding steroid dienone is 8. The molecule has 1 heteroatoms. The van der Waals surface area contributed by atoms with Crippen molar-refractivity contribution in [2.75, 3.05) is 0 Å². The van der Waals surface area contributed by atoms with Gasteiger partial charge < -0.3 is 0 Å². The van der Waals surface area contributed by atoms with Gasteiger partial charge in [-0.15, -0.1) is 0 Å². The van der Waals surface area contributed by atoms with Crippen LogP contribution in [0.15, 0.2) is 133 Å². The van der Waals surface area contributed by atoms with E-state index >= 15 is 0 Å². The van der Waals surface area contributed by atoms with Gasteiger partial charge >= 0.3 is 0 Å². The molecule has 2 unspecified atom stereocenters. The van der Waals surface area contributed by atoms with E-state index in [4.69, 9.17) is 4.98 Å². The number of pyridine rings is 1. The summed E-state index contributed by atoms with van der Waals surface area (Å²) in [6.45, 7) is 0. The molecule has 0 radical (unpaired) electrons. The smallest absolute Gasteiger partial charge is 0.0668 e. The summed E-state index contributed by atoms with van der Waals surface area (Å²) in [5, 5.41) is 8.29. The highest BCUT2D eigenvalue weighted by atomic mass is 14.7. The summed E-state index contributed by atoms with van der Waals surface area (Å²) in [6.07, 6.45) is 27.5. The molecule has 9 rings (SSSR count). The van der Waals surface area contributed by atoms with E-state index in [0.29, 0.717) is 11.8 Å². The van der Waals surface area contributed by atoms with E-state index in [-0.39, 0.29) is 0 Å². The standard InChI is InChI=1S/C45H37N/c1-3-15-35-31(11-1)13-9-21-37(35)43-28-27-34(29-46-43)30-23-25-33(26-24-30)44-39-17-5-7-19-41(39)45(42-20-8-6-18-40(42)44)38-22-10-14-32-12-2-4-16-36(32)38/h1-8,11-20,23,25,27-29,39,41H,9-10,21-22,24,26H2. The zero-order chi connectivity index (χ0) is 30.5. The van der Waals surface area contributed by atoms with Crippen molar-refractivity contribution >= 4 is 40.0 Å². The van der Waals surface area contributed by atoms with E-state index in [1.165, 1.54) is 70.3 Å². The van der Waals surface area contributed by atoms with Gasteiger partial charge in [-0.05, 0) is 115 Å². The first kappa shape index (κ1) is 27.3. The molecule has 5 aliphatic carbocycles. The van der Waals surface area contributed by atoms with E-state index in [9.17, 15) is 0 Å². The summed E-state index contributed by atoms with van der Waals surface area (Å²) in [4.78, 5) is 5.00. The van der Waals surface area contributed by atoms with Crippen molar-refractivity contribution in [3.63, 3.8) is 0 Å². The van der Waals surface area contributed by atoms with Crippen LogP contribution in [0.1, 0.15) is 49.8 Å². The van der Waals surface area contributed by atoms with Gasteiger partial charge in [0.25, 0.3) is 0 Å². The Kier molecular flexibility index (Phi) is 6.78. The second-order valence-corrected chi connectivity index (χ2v) is 13.1. The maximum Gasteiger partial charge on any atom is 0.0668 e. The molecule has 5 aliphatic rings. The van der Waals surface area contributed by atoms with Crippen LogP contribution in [0, 0.1) is 11.8 Å². The van der Waals surface area contributed by atoms with Crippen LogP contribution in [0.4, 0.5) is 0 Å². The molecule has 46 heavy (non-hydrogen) atoms. The van der Waals surface area contributed by atoms with Gasteiger partial charge in [0.1, 0.15) is 0 Å². The molecule has 1 aromatic heterocycles. The number of benzene rings is 3. The lowest BCUT2D eigenvalue weighted by atomic mass is 9.68. The first-order valence-corrected chi connectivity index (χ1v) is 17.0. The Morgan fingerprint density at radius 2 is 1.07 bits per heavy atom. The van der Waals surface area contributed by atoms with Crippen molar-refractivity contribution in [1.82, 2.24) is 4.98 Å². The Bertz CT molecular complexity index is 2410. The van der Waals surface area contributed by atoms with Gasteiger partial charge in [0.05, 0.1) is 5.69 Å². The predicted octanol–water partition coefficient (Wildman–Crippen LogP) is 5.76. The number of hydrogen-bond donors (Lipinski definition) is 0. The lowest BCUT2D eigenvalue weighted by Gasteiger charge is -2.36. The molecule has 222 valence electrons. The summed E-state index contributed by atoms with van der Waals surface area (Å²) in [6, 6.07) is 31.4. The third-order valence-electron chi connectivity index (χ3n) is 10.7. The maximum atomic E-state index is 5.00. The molecule has 0 N–H and O–H groups in total. The van der Waals surface area contributed by atoms with Gasteiger partial charge in [-0.25, -0.2) is 0 Å². The molecule has 0 bridgehead atoms. The molecular formula is C45H37N. The predicted molar refractivity (Wildman–Crippen MR) is 192 cm³/mol. The van der Waals surface area contributed by atoms with Crippen LogP contribution in [0.2, 0.25) is 0 Å². The molecule has 4 aromatic rings. The van der Waals surface area contributed by atoms with Crippen LogP contribution in [0.3, 0.4) is 0 Å². The third kappa shape index (κ3) is 4.57. The summed E-state index contributed by atoms with van der Waals surface area (Å²) < 4.78 is 0. The van der Waals surface area contributed by atoms with Gasteiger partial charge in [-0.3, -0.25) is 4.98 Å². The van der Waals surface area contributed by atoms with E-state index in [0.717, 1.165) is 44.2 Å². The minimum Gasteiger partial charge on any atom is -0.256 e. The molecule has 0 amide bonds. The SMILES string of the molecule is C1=CC2C(C3=CC=C(c4ccc(C5=c6ccccc6=CCC5)nc4)CC3)=c3ccccc3=C(C3=c4ccccc4=CCC3)C2C=C1. The van der Waals surface area contributed by atoms with Crippen molar-refractivity contribution in [3.05, 3.63) is 176 Å². The van der Waals surface area contributed by atoms with Crippen LogP contribution in [0.5, 0.6) is 0 Å². The minimum absolute atomic E-state index is 0.343. The maximum absolute atomic E-state index is 5.00. The molecule has 0 saturated heterocycles. The Morgan fingerprint density at radius 3 is 1.72 bits per heavy atom. The third-order valence-corrected chi connectivity index (χ3v) is 10.7. The lowest BCUT2D eigenvalue weighted by molar-refractivity contribution is 0.681. The fraction of sp³-hybridized carbons (Fsp3) is 0.178. The Morgan fingerprint density at radius 1 is 0.500 bits per heavy atom. The number of hydrogen-bond acceptors (Lipinski definition) is 1. The summed E-state index contributed by atoms with van der Waals surface area (Å²) >= 11 is 0. The average Bonchev–Trinajstić information content (AvgIpc) is 3.13. The number of fused-ring (bicyclic) bond motifs is 4. The van der Waals surface area contributed by atoms with Gasteiger partial charge in [0, 0.05) is 18.0 Å². The van der Waals surface area contributed by atoms with Crippen molar-refractivity contribution in [2.45, 2.75) is 38.5 Å². The highest BCUT2D eigenvalue weighted by Gasteiger charge is 2.33. The zero-order valence-corrected chi connectivity index (χ0v) is 26.1. The highest BCUT2D eigenvalue weighted by Crippen LogP contribution is 2.43. The molecule has 1 heterocycles. The zero-order valence-electron chi connectivity index (χ0n) is 26.1. The Hall–Kier alpha value is -5.01. The summed E-state index contributed by atoms with van der Waals surface area (Å²) in [5.41, 5.74) is 11.1. The number of nitrogens with zero attached hydrogens (tertiary/aromatic N) is 1. The van der Waals surface area contributed by atoms with E-state index < -0.39 is 0 Å². The van der Waals surface area contributed by atoms with Crippen molar-refractivity contribution in [1.29, 1.82) is 0 Å². The molecule has 1 nitrogen and oxygen atoms in total. The molecule has 0 spiro atoms. The first-order chi connectivity index (χ1) is 22.8. The van der Waals surface area contributed by atoms with Gasteiger partial charge in [0.15, 0.2) is 0 Å². The van der Waals surface area contributed by atoms with E-state index in [1.807, 2.05) is 0 Å². The van der Waals surface area contributed by atoms with Crippen molar-refractivity contribution < 1.29 is 0 Å². The Balaban J connectivity index is 1.15. The second-order valence-electron chi connectivity index (χ2n) is 13.1. The molecule has 0 saturated carbocycles. The van der Waals surface area contributed by atoms with Crippen LogP contribution in [-0.4, -0.2) is 4.98 Å².